The zero-order chi connectivity index (χ0) is 23.6. The van der Waals surface area contributed by atoms with Gasteiger partial charge in [-0.25, -0.2) is 13.1 Å². The number of sulfonamides is 1. The number of nitrogens with one attached hydrogen (secondary N) is 1. The molecule has 1 aliphatic heterocycles. The fourth-order valence-corrected chi connectivity index (χ4v) is 7.30. The van der Waals surface area contributed by atoms with Crippen LogP contribution in [0.3, 0.4) is 0 Å². The molecule has 1 aliphatic rings. The van der Waals surface area contributed by atoms with Crippen LogP contribution in [0.2, 0.25) is 15.1 Å². The Bertz CT molecular complexity index is 1240. The lowest BCUT2D eigenvalue weighted by molar-refractivity contribution is 0.358. The molecule has 0 aliphatic carbocycles. The summed E-state index contributed by atoms with van der Waals surface area (Å²) in [6.07, 6.45) is 1.70. The smallest absolute Gasteiger partial charge is 0.241 e. The van der Waals surface area contributed by atoms with Gasteiger partial charge in [0.05, 0.1) is 10.9 Å². The topological polar surface area (TPSA) is 49.4 Å². The van der Waals surface area contributed by atoms with Crippen LogP contribution in [-0.4, -0.2) is 21.5 Å². The minimum Gasteiger partial charge on any atom is -0.364 e. The van der Waals surface area contributed by atoms with E-state index in [1.165, 1.54) is 0 Å². The predicted molar refractivity (Wildman–Crippen MR) is 145 cm³/mol. The molecule has 2 unspecified atom stereocenters. The van der Waals surface area contributed by atoms with E-state index in [-0.39, 0.29) is 12.0 Å². The first-order valence-corrected chi connectivity index (χ1v) is 14.2. The zero-order valence-corrected chi connectivity index (χ0v) is 22.8. The summed E-state index contributed by atoms with van der Waals surface area (Å²) in [5.74, 6) is 0.138. The van der Waals surface area contributed by atoms with Crippen LogP contribution in [0.25, 0.3) is 0 Å². The first-order valence-electron chi connectivity index (χ1n) is 10.5. The number of piperidine rings is 1. The Morgan fingerprint density at radius 1 is 0.939 bits per heavy atom. The first-order chi connectivity index (χ1) is 15.7. The van der Waals surface area contributed by atoms with Crippen molar-refractivity contribution in [2.24, 2.45) is 5.92 Å². The number of nitrogens with zero attached hydrogens (tertiary/aromatic N) is 1. The van der Waals surface area contributed by atoms with Crippen molar-refractivity contribution in [2.45, 2.75) is 23.8 Å². The molecule has 2 atom stereocenters. The van der Waals surface area contributed by atoms with Crippen LogP contribution in [0.15, 0.2) is 71.6 Å². The highest BCUT2D eigenvalue weighted by Crippen LogP contribution is 2.40. The summed E-state index contributed by atoms with van der Waals surface area (Å²) in [7, 11) is -3.58. The number of rotatable bonds is 6. The van der Waals surface area contributed by atoms with Gasteiger partial charge in [-0.05, 0) is 95.4 Å². The number of benzene rings is 3. The summed E-state index contributed by atoms with van der Waals surface area (Å²) in [4.78, 5) is 2.59. The lowest BCUT2D eigenvalue weighted by atomic mass is 9.88. The van der Waals surface area contributed by atoms with Gasteiger partial charge < -0.3 is 4.90 Å². The first kappa shape index (κ1) is 25.1. The molecule has 1 N–H and O–H groups in total. The molecule has 1 saturated heterocycles. The van der Waals surface area contributed by atoms with Crippen LogP contribution in [0.1, 0.15) is 24.4 Å². The maximum atomic E-state index is 12.9. The van der Waals surface area contributed by atoms with Crippen LogP contribution < -0.4 is 9.62 Å². The third kappa shape index (κ3) is 5.97. The Labute approximate surface area is 223 Å². The largest absolute Gasteiger partial charge is 0.364 e. The van der Waals surface area contributed by atoms with Crippen LogP contribution in [-0.2, 0) is 10.0 Å². The van der Waals surface area contributed by atoms with Crippen molar-refractivity contribution in [1.82, 2.24) is 4.72 Å². The molecule has 4 rings (SSSR count). The predicted octanol–water partition coefficient (Wildman–Crippen LogP) is 7.19. The van der Waals surface area contributed by atoms with E-state index in [4.69, 9.17) is 34.8 Å². The van der Waals surface area contributed by atoms with Gasteiger partial charge in [-0.15, -0.1) is 0 Å². The molecule has 1 fully saturated rings. The maximum absolute atomic E-state index is 12.9. The van der Waals surface area contributed by atoms with E-state index in [2.05, 4.69) is 9.62 Å². The Kier molecular flexibility index (Phi) is 8.14. The second-order valence-electron chi connectivity index (χ2n) is 8.04. The lowest BCUT2D eigenvalue weighted by Crippen LogP contribution is -2.42. The molecule has 3 aromatic rings. The van der Waals surface area contributed by atoms with Gasteiger partial charge in [-0.3, -0.25) is 0 Å². The third-order valence-electron chi connectivity index (χ3n) is 5.85. The van der Waals surface area contributed by atoms with Gasteiger partial charge in [0.1, 0.15) is 0 Å². The standard InChI is InChI=1S/C24H22Cl3IN2O2S/c25-17-6-9-19(10-7-17)30-15-16(5-12-23(30)20-11-8-18(26)13-21(20)27)14-29-33(31,32)24-4-2-1-3-22(24)28/h1-4,6-11,13,16,23,29H,5,12,14-15H2. The van der Waals surface area contributed by atoms with Gasteiger partial charge in [0.25, 0.3) is 0 Å². The molecule has 33 heavy (non-hydrogen) atoms. The molecule has 0 bridgehead atoms. The fraction of sp³-hybridized carbons (Fsp3) is 0.250. The summed E-state index contributed by atoms with van der Waals surface area (Å²) in [6.45, 7) is 1.04. The van der Waals surface area contributed by atoms with E-state index >= 15 is 0 Å². The highest BCUT2D eigenvalue weighted by Gasteiger charge is 2.32. The molecule has 0 radical (unpaired) electrons. The van der Waals surface area contributed by atoms with Crippen molar-refractivity contribution in [3.8, 4) is 0 Å². The average Bonchev–Trinajstić information content (AvgIpc) is 2.79. The Balaban J connectivity index is 1.56. The average molecular weight is 636 g/mol. The third-order valence-corrected chi connectivity index (χ3v) is 9.45. The molecule has 174 valence electrons. The van der Waals surface area contributed by atoms with Gasteiger partial charge in [-0.2, -0.15) is 0 Å². The van der Waals surface area contributed by atoms with Crippen molar-refractivity contribution in [1.29, 1.82) is 0 Å². The van der Waals surface area contributed by atoms with Crippen molar-refractivity contribution >= 4 is 73.1 Å². The monoisotopic (exact) mass is 634 g/mol. The van der Waals surface area contributed by atoms with Crippen LogP contribution in [0, 0.1) is 9.49 Å². The van der Waals surface area contributed by atoms with Gasteiger partial charge in [0.15, 0.2) is 0 Å². The van der Waals surface area contributed by atoms with E-state index in [1.54, 1.807) is 24.3 Å². The van der Waals surface area contributed by atoms with E-state index in [0.717, 1.165) is 24.1 Å². The molecule has 1 heterocycles. The minimum absolute atomic E-state index is 0.0545. The fourth-order valence-electron chi connectivity index (χ4n) is 4.19. The lowest BCUT2D eigenvalue weighted by Gasteiger charge is -2.42. The molecule has 4 nitrogen and oxygen atoms in total. The second-order valence-corrected chi connectivity index (χ2v) is 12.2. The highest BCUT2D eigenvalue weighted by molar-refractivity contribution is 14.1. The van der Waals surface area contributed by atoms with E-state index in [0.29, 0.717) is 36.6 Å². The molecule has 0 aromatic heterocycles. The number of hydrogen-bond donors (Lipinski definition) is 1. The summed E-state index contributed by atoms with van der Waals surface area (Å²) < 4.78 is 29.3. The maximum Gasteiger partial charge on any atom is 0.241 e. The van der Waals surface area contributed by atoms with E-state index in [9.17, 15) is 8.42 Å². The van der Waals surface area contributed by atoms with Crippen molar-refractivity contribution in [2.75, 3.05) is 18.0 Å². The van der Waals surface area contributed by atoms with Gasteiger partial charge in [-0.1, -0.05) is 53.0 Å². The van der Waals surface area contributed by atoms with Crippen LogP contribution >= 0.6 is 57.4 Å². The number of hydrogen-bond acceptors (Lipinski definition) is 3. The SMILES string of the molecule is O=S(=O)(NCC1CCC(c2ccc(Cl)cc2Cl)N(c2ccc(Cl)cc2)C1)c1ccccc1I. The molecule has 0 saturated carbocycles. The summed E-state index contributed by atoms with van der Waals surface area (Å²) in [6, 6.07) is 20.3. The molecule has 0 amide bonds. The quantitative estimate of drug-likeness (QED) is 0.292. The summed E-state index contributed by atoms with van der Waals surface area (Å²) in [5, 5.41) is 1.89. The Morgan fingerprint density at radius 3 is 2.33 bits per heavy atom. The van der Waals surface area contributed by atoms with Crippen molar-refractivity contribution < 1.29 is 8.42 Å². The number of anilines is 1. The zero-order valence-electron chi connectivity index (χ0n) is 17.5. The van der Waals surface area contributed by atoms with Crippen molar-refractivity contribution in [3.63, 3.8) is 0 Å². The molecule has 0 spiro atoms. The molecular formula is C24H22Cl3IN2O2S. The van der Waals surface area contributed by atoms with Gasteiger partial charge in [0.2, 0.25) is 10.0 Å². The Hall–Kier alpha value is -1.03. The van der Waals surface area contributed by atoms with E-state index < -0.39 is 10.0 Å². The van der Waals surface area contributed by atoms with Gasteiger partial charge in [0, 0.05) is 37.4 Å². The minimum atomic E-state index is -3.58. The molecular weight excluding hydrogens is 614 g/mol. The second kappa shape index (κ2) is 10.7. The van der Waals surface area contributed by atoms with Crippen molar-refractivity contribution in [3.05, 3.63) is 90.9 Å². The highest BCUT2D eigenvalue weighted by atomic mass is 127. The normalized spacial score (nSPS) is 19.0. The summed E-state index contributed by atoms with van der Waals surface area (Å²) >= 11 is 20.8. The Morgan fingerprint density at radius 2 is 1.64 bits per heavy atom. The summed E-state index contributed by atoms with van der Waals surface area (Å²) in [5.41, 5.74) is 2.02. The molecule has 9 heteroatoms. The number of halogens is 4. The van der Waals surface area contributed by atoms with E-state index in [1.807, 2.05) is 65.1 Å². The van der Waals surface area contributed by atoms with Crippen LogP contribution in [0.5, 0.6) is 0 Å². The van der Waals surface area contributed by atoms with Gasteiger partial charge >= 0.3 is 0 Å². The molecule has 3 aromatic carbocycles. The van der Waals surface area contributed by atoms with Crippen LogP contribution in [0.4, 0.5) is 5.69 Å².